The van der Waals surface area contributed by atoms with Crippen molar-refractivity contribution in [2.45, 2.75) is 278 Å². The molecule has 0 aromatic carbocycles. The Hall–Kier alpha value is -1.59. The van der Waals surface area contributed by atoms with Gasteiger partial charge in [-0.25, -0.2) is 0 Å². The number of hydrogen-bond acceptors (Lipinski definition) is 6. The van der Waals surface area contributed by atoms with Crippen LogP contribution >= 0.6 is 0 Å². The van der Waals surface area contributed by atoms with Crippen molar-refractivity contribution in [1.29, 1.82) is 0 Å². The third-order valence-corrected chi connectivity index (χ3v) is 11.2. The minimum absolute atomic E-state index is 0.0652. The molecule has 6 heteroatoms. The third kappa shape index (κ3) is 43.5. The lowest BCUT2D eigenvalue weighted by molar-refractivity contribution is -0.167. The molecule has 0 aliphatic heterocycles. The maximum absolute atomic E-state index is 12.7. The predicted octanol–water partition coefficient (Wildman–Crippen LogP) is 15.8. The van der Waals surface area contributed by atoms with Gasteiger partial charge >= 0.3 is 17.9 Å². The van der Waals surface area contributed by atoms with Crippen LogP contribution in [0.5, 0.6) is 0 Å². The van der Waals surface area contributed by atoms with Crippen molar-refractivity contribution >= 4 is 17.9 Å². The fraction of sp³-hybridized carbons (Fsp3) is 0.940. The molecule has 0 fully saturated rings. The molecule has 0 unspecified atom stereocenters. The molecular formula is C50H96O6. The van der Waals surface area contributed by atoms with E-state index in [0.717, 1.165) is 69.6 Å². The molecular weight excluding hydrogens is 697 g/mol. The molecule has 0 spiro atoms. The first kappa shape index (κ1) is 54.4. The molecule has 56 heavy (non-hydrogen) atoms. The molecule has 0 heterocycles. The standard InChI is InChI=1S/C50H96O6/c1-6-7-8-9-10-11-12-13-14-15-16-17-21-24-30-35-40-48(51)54-43-47(56-50(53)42-37-32-27-26-29-34-39-46(4)5)44-55-49(52)41-36-31-25-22-19-18-20-23-28-33-38-45(2)3/h45-47H,6-44H2,1-5H3/t47-/m1/s1. The minimum Gasteiger partial charge on any atom is -0.462 e. The van der Waals surface area contributed by atoms with E-state index < -0.39 is 6.10 Å². The summed E-state index contributed by atoms with van der Waals surface area (Å²) in [4.78, 5) is 37.8. The maximum atomic E-state index is 12.7. The Balaban J connectivity index is 4.26. The van der Waals surface area contributed by atoms with Crippen LogP contribution in [0.3, 0.4) is 0 Å². The molecule has 0 aliphatic rings. The lowest BCUT2D eigenvalue weighted by Crippen LogP contribution is -2.30. The average molecular weight is 793 g/mol. The molecule has 0 aromatic rings. The molecule has 1 atom stereocenters. The van der Waals surface area contributed by atoms with E-state index in [9.17, 15) is 14.4 Å². The lowest BCUT2D eigenvalue weighted by Gasteiger charge is -2.18. The fourth-order valence-electron chi connectivity index (χ4n) is 7.46. The zero-order valence-electron chi connectivity index (χ0n) is 38.3. The molecule has 0 saturated carbocycles. The SMILES string of the molecule is CCCCCCCCCCCCCCCCCCC(=O)OC[C@H](COC(=O)CCCCCCCCCCCCC(C)C)OC(=O)CCCCCCCCC(C)C. The number of carbonyl (C=O) groups excluding carboxylic acids is 3. The predicted molar refractivity (Wildman–Crippen MR) is 238 cm³/mol. The molecule has 0 aliphatic carbocycles. The van der Waals surface area contributed by atoms with Crippen molar-refractivity contribution < 1.29 is 28.6 Å². The number of esters is 3. The zero-order valence-corrected chi connectivity index (χ0v) is 38.3. The van der Waals surface area contributed by atoms with Crippen LogP contribution in [0.15, 0.2) is 0 Å². The Labute approximate surface area is 348 Å². The van der Waals surface area contributed by atoms with E-state index >= 15 is 0 Å². The molecule has 0 bridgehead atoms. The van der Waals surface area contributed by atoms with Crippen molar-refractivity contribution in [2.24, 2.45) is 11.8 Å². The van der Waals surface area contributed by atoms with E-state index in [1.807, 2.05) is 0 Å². The quantitative estimate of drug-likeness (QED) is 0.0347. The smallest absolute Gasteiger partial charge is 0.306 e. The highest BCUT2D eigenvalue weighted by atomic mass is 16.6. The summed E-state index contributed by atoms with van der Waals surface area (Å²) in [6.07, 6.45) is 42.5. The summed E-state index contributed by atoms with van der Waals surface area (Å²) in [6, 6.07) is 0. The van der Waals surface area contributed by atoms with Crippen LogP contribution in [-0.2, 0) is 28.6 Å². The van der Waals surface area contributed by atoms with Crippen LogP contribution in [-0.4, -0.2) is 37.2 Å². The van der Waals surface area contributed by atoms with Gasteiger partial charge in [-0.1, -0.05) is 234 Å². The van der Waals surface area contributed by atoms with Crippen LogP contribution < -0.4 is 0 Å². The molecule has 0 aromatic heterocycles. The van der Waals surface area contributed by atoms with Gasteiger partial charge in [-0.3, -0.25) is 14.4 Å². The van der Waals surface area contributed by atoms with E-state index in [1.54, 1.807) is 0 Å². The second-order valence-corrected chi connectivity index (χ2v) is 18.1. The third-order valence-electron chi connectivity index (χ3n) is 11.2. The number of carbonyl (C=O) groups is 3. The van der Waals surface area contributed by atoms with Gasteiger partial charge in [0, 0.05) is 19.3 Å². The van der Waals surface area contributed by atoms with Gasteiger partial charge in [0.25, 0.3) is 0 Å². The largest absolute Gasteiger partial charge is 0.462 e. The first-order valence-electron chi connectivity index (χ1n) is 24.7. The molecule has 0 rings (SSSR count). The van der Waals surface area contributed by atoms with Crippen LogP contribution in [0.25, 0.3) is 0 Å². The zero-order chi connectivity index (χ0) is 41.2. The Morgan fingerprint density at radius 1 is 0.339 bits per heavy atom. The molecule has 0 radical (unpaired) electrons. The minimum atomic E-state index is -0.761. The van der Waals surface area contributed by atoms with E-state index in [2.05, 4.69) is 34.6 Å². The normalized spacial score (nSPS) is 12.1. The van der Waals surface area contributed by atoms with Crippen molar-refractivity contribution in [3.8, 4) is 0 Å². The van der Waals surface area contributed by atoms with Crippen molar-refractivity contribution in [1.82, 2.24) is 0 Å². The number of rotatable bonds is 44. The summed E-state index contributed by atoms with van der Waals surface area (Å²) in [7, 11) is 0. The van der Waals surface area contributed by atoms with Gasteiger partial charge in [0.15, 0.2) is 6.10 Å². The van der Waals surface area contributed by atoms with Crippen molar-refractivity contribution in [2.75, 3.05) is 13.2 Å². The van der Waals surface area contributed by atoms with Gasteiger partial charge in [0.1, 0.15) is 13.2 Å². The Bertz CT molecular complexity index is 854. The number of unbranched alkanes of at least 4 members (excludes halogenated alkanes) is 29. The Morgan fingerprint density at radius 3 is 0.875 bits per heavy atom. The first-order chi connectivity index (χ1) is 27.2. The summed E-state index contributed by atoms with van der Waals surface area (Å²) in [5, 5.41) is 0. The molecule has 6 nitrogen and oxygen atoms in total. The van der Waals surface area contributed by atoms with Gasteiger partial charge in [-0.2, -0.15) is 0 Å². The van der Waals surface area contributed by atoms with Crippen LogP contribution in [0.2, 0.25) is 0 Å². The van der Waals surface area contributed by atoms with Gasteiger partial charge < -0.3 is 14.2 Å². The Morgan fingerprint density at radius 2 is 0.589 bits per heavy atom. The highest BCUT2D eigenvalue weighted by Gasteiger charge is 2.19. The van der Waals surface area contributed by atoms with E-state index in [1.165, 1.54) is 161 Å². The van der Waals surface area contributed by atoms with E-state index in [4.69, 9.17) is 14.2 Å². The number of ether oxygens (including phenoxy) is 3. The summed E-state index contributed by atoms with van der Waals surface area (Å²) in [5.74, 6) is 0.720. The topological polar surface area (TPSA) is 78.9 Å². The maximum Gasteiger partial charge on any atom is 0.306 e. The fourth-order valence-corrected chi connectivity index (χ4v) is 7.46. The van der Waals surface area contributed by atoms with Gasteiger partial charge in [0.05, 0.1) is 0 Å². The van der Waals surface area contributed by atoms with Crippen LogP contribution in [0.1, 0.15) is 272 Å². The monoisotopic (exact) mass is 793 g/mol. The van der Waals surface area contributed by atoms with Crippen LogP contribution in [0.4, 0.5) is 0 Å². The summed E-state index contributed by atoms with van der Waals surface area (Å²) >= 11 is 0. The highest BCUT2D eigenvalue weighted by molar-refractivity contribution is 5.71. The second kappa shape index (κ2) is 43.0. The van der Waals surface area contributed by atoms with Gasteiger partial charge in [0.2, 0.25) is 0 Å². The number of hydrogen-bond donors (Lipinski definition) is 0. The highest BCUT2D eigenvalue weighted by Crippen LogP contribution is 2.17. The van der Waals surface area contributed by atoms with E-state index in [-0.39, 0.29) is 31.1 Å². The van der Waals surface area contributed by atoms with Crippen LogP contribution in [0, 0.1) is 11.8 Å². The lowest BCUT2D eigenvalue weighted by atomic mass is 10.0. The summed E-state index contributed by atoms with van der Waals surface area (Å²) < 4.78 is 16.7. The average Bonchev–Trinajstić information content (AvgIpc) is 3.16. The first-order valence-corrected chi connectivity index (χ1v) is 24.7. The summed E-state index contributed by atoms with van der Waals surface area (Å²) in [6.45, 7) is 11.3. The van der Waals surface area contributed by atoms with Crippen molar-refractivity contribution in [3.63, 3.8) is 0 Å². The molecule has 0 saturated heterocycles. The molecule has 332 valence electrons. The summed E-state index contributed by atoms with van der Waals surface area (Å²) in [5.41, 5.74) is 0. The van der Waals surface area contributed by atoms with E-state index in [0.29, 0.717) is 19.3 Å². The van der Waals surface area contributed by atoms with Crippen molar-refractivity contribution in [3.05, 3.63) is 0 Å². The molecule has 0 amide bonds. The van der Waals surface area contributed by atoms with Gasteiger partial charge in [-0.15, -0.1) is 0 Å². The molecule has 0 N–H and O–H groups in total. The Kier molecular flexibility index (Phi) is 41.8. The second-order valence-electron chi connectivity index (χ2n) is 18.1. The van der Waals surface area contributed by atoms with Gasteiger partial charge in [-0.05, 0) is 31.1 Å².